The highest BCUT2D eigenvalue weighted by atomic mass is 35.5. The normalized spacial score (nSPS) is 11.9. The number of halogens is 1. The van der Waals surface area contributed by atoms with Gasteiger partial charge in [-0.1, -0.05) is 59.0 Å². The Morgan fingerprint density at radius 2 is 2.00 bits per heavy atom. The number of hydrogen-bond acceptors (Lipinski definition) is 6. The summed E-state index contributed by atoms with van der Waals surface area (Å²) in [7, 11) is 0. The molecule has 0 fully saturated rings. The van der Waals surface area contributed by atoms with E-state index < -0.39 is 6.10 Å². The van der Waals surface area contributed by atoms with Crippen molar-refractivity contribution in [2.75, 3.05) is 5.32 Å². The van der Waals surface area contributed by atoms with E-state index in [1.54, 1.807) is 36.9 Å². The third-order valence-electron chi connectivity index (χ3n) is 4.06. The molecule has 3 aromatic rings. The summed E-state index contributed by atoms with van der Waals surface area (Å²) in [5.41, 5.74) is 3.40. The molecule has 146 valence electrons. The standard InChI is InChI=1S/C20H20ClN3O2S2/c1-12-6-4-5-7-15(12)11-27-20-24-23-19(28-20)22-18(25)14(3)26-16-8-9-17(21)13(2)10-16/h4-10,14H,11H2,1-3H3,(H,22,23,25)/t14-/m1/s1. The largest absolute Gasteiger partial charge is 0.481 e. The van der Waals surface area contributed by atoms with Crippen molar-refractivity contribution in [2.24, 2.45) is 0 Å². The average molecular weight is 434 g/mol. The van der Waals surface area contributed by atoms with E-state index in [1.165, 1.54) is 22.5 Å². The number of rotatable bonds is 7. The van der Waals surface area contributed by atoms with Gasteiger partial charge in [-0.25, -0.2) is 0 Å². The Morgan fingerprint density at radius 1 is 1.21 bits per heavy atom. The number of anilines is 1. The molecule has 1 N–H and O–H groups in total. The van der Waals surface area contributed by atoms with Gasteiger partial charge in [0, 0.05) is 10.8 Å². The molecule has 2 aromatic carbocycles. The number of nitrogens with one attached hydrogen (secondary N) is 1. The number of aromatic nitrogens is 2. The first-order valence-electron chi connectivity index (χ1n) is 8.67. The van der Waals surface area contributed by atoms with Gasteiger partial charge in [0.1, 0.15) is 5.75 Å². The lowest BCUT2D eigenvalue weighted by Crippen LogP contribution is -2.30. The number of benzene rings is 2. The van der Waals surface area contributed by atoms with Crippen molar-refractivity contribution in [1.82, 2.24) is 10.2 Å². The van der Waals surface area contributed by atoms with Crippen LogP contribution in [0.2, 0.25) is 5.02 Å². The fourth-order valence-electron chi connectivity index (χ4n) is 2.39. The molecule has 0 saturated carbocycles. The molecule has 1 aromatic heterocycles. The molecule has 1 heterocycles. The van der Waals surface area contributed by atoms with E-state index in [4.69, 9.17) is 16.3 Å². The summed E-state index contributed by atoms with van der Waals surface area (Å²) in [5, 5.41) is 12.1. The van der Waals surface area contributed by atoms with Crippen LogP contribution in [0.3, 0.4) is 0 Å². The molecule has 3 rings (SSSR count). The monoisotopic (exact) mass is 433 g/mol. The second-order valence-corrected chi connectivity index (χ2v) is 8.86. The summed E-state index contributed by atoms with van der Waals surface area (Å²) in [6.07, 6.45) is -0.674. The SMILES string of the molecule is Cc1cc(O[C@H](C)C(=O)Nc2nnc(SCc3ccccc3C)s2)ccc1Cl. The van der Waals surface area contributed by atoms with Crippen LogP contribution in [-0.2, 0) is 10.5 Å². The van der Waals surface area contributed by atoms with Crippen LogP contribution in [0.1, 0.15) is 23.6 Å². The second kappa shape index (κ2) is 9.41. The molecule has 5 nitrogen and oxygen atoms in total. The van der Waals surface area contributed by atoms with Crippen LogP contribution >= 0.6 is 34.7 Å². The topological polar surface area (TPSA) is 64.1 Å². The number of ether oxygens (including phenoxy) is 1. The van der Waals surface area contributed by atoms with Gasteiger partial charge < -0.3 is 4.74 Å². The van der Waals surface area contributed by atoms with Gasteiger partial charge in [0.2, 0.25) is 5.13 Å². The van der Waals surface area contributed by atoms with Crippen molar-refractivity contribution in [2.45, 2.75) is 37.0 Å². The van der Waals surface area contributed by atoms with E-state index in [0.717, 1.165) is 15.7 Å². The average Bonchev–Trinajstić information content (AvgIpc) is 3.11. The van der Waals surface area contributed by atoms with E-state index >= 15 is 0 Å². The Labute approximate surface area is 177 Å². The van der Waals surface area contributed by atoms with Gasteiger partial charge in [-0.2, -0.15) is 0 Å². The van der Waals surface area contributed by atoms with E-state index in [9.17, 15) is 4.79 Å². The summed E-state index contributed by atoms with van der Waals surface area (Å²) < 4.78 is 6.50. The molecule has 0 aliphatic carbocycles. The molecule has 0 spiro atoms. The van der Waals surface area contributed by atoms with Crippen molar-refractivity contribution < 1.29 is 9.53 Å². The second-order valence-electron chi connectivity index (χ2n) is 6.25. The van der Waals surface area contributed by atoms with E-state index in [1.807, 2.05) is 19.1 Å². The predicted molar refractivity (Wildman–Crippen MR) is 116 cm³/mol. The zero-order chi connectivity index (χ0) is 20.1. The molecule has 1 atom stereocenters. The van der Waals surface area contributed by atoms with Gasteiger partial charge in [0.15, 0.2) is 10.4 Å². The third kappa shape index (κ3) is 5.47. The first kappa shape index (κ1) is 20.6. The van der Waals surface area contributed by atoms with E-state index in [2.05, 4.69) is 34.6 Å². The van der Waals surface area contributed by atoms with Crippen LogP contribution in [0.5, 0.6) is 5.75 Å². The molecule has 0 aliphatic rings. The van der Waals surface area contributed by atoms with Crippen molar-refractivity contribution in [3.05, 3.63) is 64.2 Å². The lowest BCUT2D eigenvalue weighted by molar-refractivity contribution is -0.122. The first-order chi connectivity index (χ1) is 13.4. The highest BCUT2D eigenvalue weighted by molar-refractivity contribution is 8.00. The minimum Gasteiger partial charge on any atom is -0.481 e. The number of hydrogen-bond donors (Lipinski definition) is 1. The lowest BCUT2D eigenvalue weighted by Gasteiger charge is -2.14. The number of carbonyl (C=O) groups is 1. The molecular formula is C20H20ClN3O2S2. The Morgan fingerprint density at radius 3 is 2.75 bits per heavy atom. The van der Waals surface area contributed by atoms with E-state index in [-0.39, 0.29) is 5.91 Å². The maximum atomic E-state index is 12.4. The Hall–Kier alpha value is -2.09. The maximum absolute atomic E-state index is 12.4. The van der Waals surface area contributed by atoms with Gasteiger partial charge >= 0.3 is 0 Å². The number of carbonyl (C=O) groups excluding carboxylic acids is 1. The zero-order valence-electron chi connectivity index (χ0n) is 15.7. The number of nitrogens with zero attached hydrogens (tertiary/aromatic N) is 2. The summed E-state index contributed by atoms with van der Waals surface area (Å²) in [4.78, 5) is 12.4. The predicted octanol–water partition coefficient (Wildman–Crippen LogP) is 5.51. The molecule has 8 heteroatoms. The molecule has 0 bridgehead atoms. The molecular weight excluding hydrogens is 414 g/mol. The summed E-state index contributed by atoms with van der Waals surface area (Å²) in [6.45, 7) is 5.66. The molecule has 0 saturated heterocycles. The van der Waals surface area contributed by atoms with Gasteiger partial charge in [0.25, 0.3) is 5.91 Å². The smallest absolute Gasteiger partial charge is 0.266 e. The van der Waals surface area contributed by atoms with Crippen LogP contribution in [0.4, 0.5) is 5.13 Å². The van der Waals surface area contributed by atoms with Crippen LogP contribution in [0, 0.1) is 13.8 Å². The zero-order valence-corrected chi connectivity index (χ0v) is 18.1. The van der Waals surface area contributed by atoms with Crippen molar-refractivity contribution in [3.63, 3.8) is 0 Å². The van der Waals surface area contributed by atoms with Crippen LogP contribution in [0.25, 0.3) is 0 Å². The third-order valence-corrected chi connectivity index (χ3v) is 6.51. The molecule has 0 unspecified atom stereocenters. The lowest BCUT2D eigenvalue weighted by atomic mass is 10.1. The molecule has 0 radical (unpaired) electrons. The van der Waals surface area contributed by atoms with Crippen molar-refractivity contribution in [3.8, 4) is 5.75 Å². The van der Waals surface area contributed by atoms with Crippen molar-refractivity contribution >= 4 is 45.7 Å². The van der Waals surface area contributed by atoms with Crippen LogP contribution in [-0.4, -0.2) is 22.2 Å². The number of thioether (sulfide) groups is 1. The first-order valence-corrected chi connectivity index (χ1v) is 10.8. The molecule has 28 heavy (non-hydrogen) atoms. The summed E-state index contributed by atoms with van der Waals surface area (Å²) in [5.74, 6) is 1.13. The van der Waals surface area contributed by atoms with Crippen LogP contribution < -0.4 is 10.1 Å². The molecule has 0 aliphatic heterocycles. The Bertz CT molecular complexity index is 978. The quantitative estimate of drug-likeness (QED) is 0.393. The Kier molecular flexibility index (Phi) is 6.93. The highest BCUT2D eigenvalue weighted by Gasteiger charge is 2.17. The maximum Gasteiger partial charge on any atom is 0.266 e. The number of amides is 1. The fourth-order valence-corrected chi connectivity index (χ4v) is 4.33. The molecule has 1 amide bonds. The fraction of sp³-hybridized carbons (Fsp3) is 0.250. The van der Waals surface area contributed by atoms with E-state index in [0.29, 0.717) is 15.9 Å². The summed E-state index contributed by atoms with van der Waals surface area (Å²) >= 11 is 8.96. The van der Waals surface area contributed by atoms with Gasteiger partial charge in [0.05, 0.1) is 0 Å². The summed E-state index contributed by atoms with van der Waals surface area (Å²) in [6, 6.07) is 13.5. The van der Waals surface area contributed by atoms with Gasteiger partial charge in [-0.15, -0.1) is 10.2 Å². The number of aryl methyl sites for hydroxylation is 2. The van der Waals surface area contributed by atoms with Gasteiger partial charge in [-0.3, -0.25) is 10.1 Å². The Balaban J connectivity index is 1.54. The minimum absolute atomic E-state index is 0.279. The minimum atomic E-state index is -0.674. The highest BCUT2D eigenvalue weighted by Crippen LogP contribution is 2.29. The van der Waals surface area contributed by atoms with Crippen LogP contribution in [0.15, 0.2) is 46.8 Å². The van der Waals surface area contributed by atoms with Gasteiger partial charge in [-0.05, 0) is 55.7 Å². The van der Waals surface area contributed by atoms with Crippen molar-refractivity contribution in [1.29, 1.82) is 0 Å².